The molecule has 6 heteroatoms. The van der Waals surface area contributed by atoms with Crippen LogP contribution in [0.25, 0.3) is 0 Å². The van der Waals surface area contributed by atoms with E-state index in [0.29, 0.717) is 11.1 Å². The number of hydrogen-bond acceptors (Lipinski definition) is 5. The fourth-order valence-corrected chi connectivity index (χ4v) is 2.78. The van der Waals surface area contributed by atoms with Crippen molar-refractivity contribution in [2.75, 3.05) is 6.26 Å². The first-order valence-electron chi connectivity index (χ1n) is 4.96. The second-order valence-electron chi connectivity index (χ2n) is 3.31. The summed E-state index contributed by atoms with van der Waals surface area (Å²) in [5, 5.41) is 8.60. The lowest BCUT2D eigenvalue weighted by atomic mass is 10.2. The van der Waals surface area contributed by atoms with E-state index in [-0.39, 0.29) is 0 Å². The lowest BCUT2D eigenvalue weighted by Crippen LogP contribution is -1.80. The van der Waals surface area contributed by atoms with Gasteiger partial charge in [-0.2, -0.15) is 11.8 Å². The van der Waals surface area contributed by atoms with Crippen LogP contribution < -0.4 is 0 Å². The normalized spacial score (nSPS) is 10.7. The van der Waals surface area contributed by atoms with Crippen molar-refractivity contribution in [3.63, 3.8) is 0 Å². The molecule has 1 aromatic carbocycles. The van der Waals surface area contributed by atoms with Crippen LogP contribution in [0.2, 0.25) is 0 Å². The Hall–Kier alpha value is -0.460. The maximum atomic E-state index is 5.48. The molecule has 3 nitrogen and oxygen atoms in total. The number of thioether (sulfide) groups is 2. The Morgan fingerprint density at radius 1 is 1.29 bits per heavy atom. The monoisotopic (exact) mass is 330 g/mol. The van der Waals surface area contributed by atoms with E-state index in [1.54, 1.807) is 23.5 Å². The summed E-state index contributed by atoms with van der Waals surface area (Å²) in [5.41, 5.74) is 1.23. The Kier molecular flexibility index (Phi) is 4.94. The van der Waals surface area contributed by atoms with E-state index in [4.69, 9.17) is 4.42 Å². The highest BCUT2D eigenvalue weighted by Crippen LogP contribution is 2.23. The number of aromatic nitrogens is 2. The topological polar surface area (TPSA) is 38.9 Å². The van der Waals surface area contributed by atoms with Crippen molar-refractivity contribution in [2.24, 2.45) is 0 Å². The summed E-state index contributed by atoms with van der Waals surface area (Å²) >= 11 is 6.68. The van der Waals surface area contributed by atoms with Gasteiger partial charge in [-0.3, -0.25) is 0 Å². The van der Waals surface area contributed by atoms with Crippen molar-refractivity contribution in [1.29, 1.82) is 0 Å². The van der Waals surface area contributed by atoms with Crippen molar-refractivity contribution in [1.82, 2.24) is 10.2 Å². The molecular weight excluding hydrogens is 320 g/mol. The summed E-state index contributed by atoms with van der Waals surface area (Å²) in [4.78, 5) is 0. The largest absolute Gasteiger partial charge is 0.415 e. The maximum Gasteiger partial charge on any atom is 0.276 e. The van der Waals surface area contributed by atoms with E-state index < -0.39 is 0 Å². The first-order chi connectivity index (χ1) is 8.28. The van der Waals surface area contributed by atoms with E-state index in [9.17, 15) is 0 Å². The molecule has 0 bridgehead atoms. The quantitative estimate of drug-likeness (QED) is 0.775. The molecule has 0 amide bonds. The summed E-state index contributed by atoms with van der Waals surface area (Å²) in [6, 6.07) is 8.20. The number of hydrogen-bond donors (Lipinski definition) is 0. The van der Waals surface area contributed by atoms with Gasteiger partial charge in [-0.25, -0.2) is 0 Å². The van der Waals surface area contributed by atoms with Gasteiger partial charge in [0.05, 0.1) is 5.75 Å². The second-order valence-corrected chi connectivity index (χ2v) is 6.02. The van der Waals surface area contributed by atoms with Gasteiger partial charge in [-0.15, -0.1) is 10.2 Å². The van der Waals surface area contributed by atoms with Crippen LogP contribution >= 0.6 is 39.5 Å². The minimum atomic E-state index is 0.633. The molecule has 17 heavy (non-hydrogen) atoms. The van der Waals surface area contributed by atoms with Gasteiger partial charge < -0.3 is 4.42 Å². The third-order valence-corrected chi connectivity index (χ3v) is 3.89. The van der Waals surface area contributed by atoms with Crippen LogP contribution in [0.5, 0.6) is 0 Å². The predicted octanol–water partition coefficient (Wildman–Crippen LogP) is 3.99. The van der Waals surface area contributed by atoms with Crippen molar-refractivity contribution in [2.45, 2.75) is 16.7 Å². The van der Waals surface area contributed by atoms with Crippen LogP contribution in [0.3, 0.4) is 0 Å². The zero-order chi connectivity index (χ0) is 12.1. The van der Waals surface area contributed by atoms with Crippen molar-refractivity contribution in [3.05, 3.63) is 40.2 Å². The first kappa shape index (κ1) is 13.0. The molecule has 1 aromatic heterocycles. The Balaban J connectivity index is 1.93. The van der Waals surface area contributed by atoms with Crippen LogP contribution in [0.15, 0.2) is 38.4 Å². The Bertz CT molecular complexity index is 490. The van der Waals surface area contributed by atoms with E-state index in [1.165, 1.54) is 5.56 Å². The lowest BCUT2D eigenvalue weighted by Gasteiger charge is -1.98. The van der Waals surface area contributed by atoms with Crippen LogP contribution in [0.4, 0.5) is 0 Å². The van der Waals surface area contributed by atoms with E-state index in [0.717, 1.165) is 16.0 Å². The minimum absolute atomic E-state index is 0.633. The average Bonchev–Trinajstić information content (AvgIpc) is 2.75. The lowest BCUT2D eigenvalue weighted by molar-refractivity contribution is 0.426. The number of nitrogens with zero attached hydrogens (tertiary/aromatic N) is 2. The van der Waals surface area contributed by atoms with Gasteiger partial charge in [-0.1, -0.05) is 39.8 Å². The predicted molar refractivity (Wildman–Crippen MR) is 75.2 cm³/mol. The van der Waals surface area contributed by atoms with Gasteiger partial charge in [0, 0.05) is 10.2 Å². The maximum absolute atomic E-state index is 5.48. The van der Waals surface area contributed by atoms with Crippen LogP contribution in [-0.2, 0) is 11.5 Å². The molecule has 0 saturated heterocycles. The van der Waals surface area contributed by atoms with Gasteiger partial charge in [0.25, 0.3) is 5.22 Å². The highest BCUT2D eigenvalue weighted by atomic mass is 79.9. The van der Waals surface area contributed by atoms with Gasteiger partial charge in [0.1, 0.15) is 0 Å². The van der Waals surface area contributed by atoms with Gasteiger partial charge >= 0.3 is 0 Å². The Morgan fingerprint density at radius 2 is 2.18 bits per heavy atom. The number of benzene rings is 1. The fraction of sp³-hybridized carbons (Fsp3) is 0.273. The minimum Gasteiger partial charge on any atom is -0.415 e. The summed E-state index contributed by atoms with van der Waals surface area (Å²) in [5.74, 6) is 2.29. The highest BCUT2D eigenvalue weighted by molar-refractivity contribution is 9.10. The Morgan fingerprint density at radius 3 is 2.94 bits per heavy atom. The molecular formula is C11H11BrN2OS2. The van der Waals surface area contributed by atoms with Crippen molar-refractivity contribution in [3.8, 4) is 0 Å². The molecule has 0 aliphatic heterocycles. The molecule has 2 rings (SSSR count). The fourth-order valence-electron chi connectivity index (χ4n) is 1.25. The second kappa shape index (κ2) is 6.47. The highest BCUT2D eigenvalue weighted by Gasteiger charge is 2.06. The molecule has 1 heterocycles. The molecule has 0 aliphatic rings. The number of rotatable bonds is 5. The standard InChI is InChI=1S/C11H11BrN2OS2/c1-16-7-10-13-14-11(15-10)17-6-8-3-2-4-9(12)5-8/h2-5H,6-7H2,1H3. The molecule has 0 N–H and O–H groups in total. The van der Waals surface area contributed by atoms with E-state index in [2.05, 4.69) is 38.3 Å². The third-order valence-electron chi connectivity index (χ3n) is 1.97. The summed E-state index contributed by atoms with van der Waals surface area (Å²) in [6.07, 6.45) is 2.01. The van der Waals surface area contributed by atoms with Crippen LogP contribution in [-0.4, -0.2) is 16.5 Å². The van der Waals surface area contributed by atoms with Gasteiger partial charge in [0.2, 0.25) is 5.89 Å². The average molecular weight is 331 g/mol. The molecule has 0 atom stereocenters. The molecule has 0 radical (unpaired) electrons. The SMILES string of the molecule is CSCc1nnc(SCc2cccc(Br)c2)o1. The first-order valence-corrected chi connectivity index (χ1v) is 8.14. The molecule has 0 spiro atoms. The molecule has 90 valence electrons. The third kappa shape index (κ3) is 4.04. The van der Waals surface area contributed by atoms with Crippen LogP contribution in [0, 0.1) is 0 Å². The van der Waals surface area contributed by atoms with Gasteiger partial charge in [-0.05, 0) is 24.0 Å². The summed E-state index contributed by atoms with van der Waals surface area (Å²) in [6.45, 7) is 0. The molecule has 0 saturated carbocycles. The van der Waals surface area contributed by atoms with E-state index >= 15 is 0 Å². The molecule has 0 aliphatic carbocycles. The zero-order valence-corrected chi connectivity index (χ0v) is 12.4. The summed E-state index contributed by atoms with van der Waals surface area (Å²) < 4.78 is 6.57. The van der Waals surface area contributed by atoms with Crippen molar-refractivity contribution >= 4 is 39.5 Å². The number of halogens is 1. The van der Waals surface area contributed by atoms with Crippen molar-refractivity contribution < 1.29 is 4.42 Å². The molecule has 0 fully saturated rings. The molecule has 2 aromatic rings. The zero-order valence-electron chi connectivity index (χ0n) is 9.22. The molecule has 0 unspecified atom stereocenters. The summed E-state index contributed by atoms with van der Waals surface area (Å²) in [7, 11) is 0. The van der Waals surface area contributed by atoms with Crippen LogP contribution in [0.1, 0.15) is 11.5 Å². The Labute approximate surface area is 117 Å². The van der Waals surface area contributed by atoms with Gasteiger partial charge in [0.15, 0.2) is 0 Å². The van der Waals surface area contributed by atoms with E-state index in [1.807, 2.05) is 18.4 Å². The smallest absolute Gasteiger partial charge is 0.276 e.